The lowest BCUT2D eigenvalue weighted by Crippen LogP contribution is -2.17. The molecule has 5 heteroatoms. The molecule has 19 heavy (non-hydrogen) atoms. The molecule has 2 fully saturated rings. The van der Waals surface area contributed by atoms with Gasteiger partial charge in [-0.2, -0.15) is 4.98 Å². The van der Waals surface area contributed by atoms with Crippen LogP contribution in [0, 0.1) is 17.8 Å². The van der Waals surface area contributed by atoms with Gasteiger partial charge in [-0.15, -0.1) is 0 Å². The Morgan fingerprint density at radius 2 is 2.16 bits per heavy atom. The number of hydrogen-bond donors (Lipinski definition) is 1. The molecule has 0 aliphatic heterocycles. The SMILES string of the molecule is CC(C(=O)O)C(C)c1nc(C2CC3CCC2C3)no1. The normalized spacial score (nSPS) is 32.4. The number of fused-ring (bicyclic) bond motifs is 2. The van der Waals surface area contributed by atoms with Gasteiger partial charge in [0.15, 0.2) is 5.82 Å². The van der Waals surface area contributed by atoms with Crippen molar-refractivity contribution in [1.29, 1.82) is 0 Å². The van der Waals surface area contributed by atoms with E-state index in [2.05, 4.69) is 10.1 Å². The monoisotopic (exact) mass is 264 g/mol. The Morgan fingerprint density at radius 3 is 2.74 bits per heavy atom. The van der Waals surface area contributed by atoms with Crippen molar-refractivity contribution in [2.75, 3.05) is 0 Å². The van der Waals surface area contributed by atoms with Crippen LogP contribution in [0.2, 0.25) is 0 Å². The number of aromatic nitrogens is 2. The van der Waals surface area contributed by atoms with Gasteiger partial charge in [0.2, 0.25) is 5.89 Å². The van der Waals surface area contributed by atoms with Crippen LogP contribution in [0.5, 0.6) is 0 Å². The lowest BCUT2D eigenvalue weighted by Gasteiger charge is -2.17. The van der Waals surface area contributed by atoms with Gasteiger partial charge in [0.25, 0.3) is 0 Å². The topological polar surface area (TPSA) is 76.2 Å². The van der Waals surface area contributed by atoms with E-state index >= 15 is 0 Å². The van der Waals surface area contributed by atoms with E-state index in [0.717, 1.165) is 11.7 Å². The van der Waals surface area contributed by atoms with E-state index < -0.39 is 11.9 Å². The second-order valence-corrected chi connectivity index (χ2v) is 6.19. The zero-order valence-electron chi connectivity index (χ0n) is 11.4. The number of aliphatic carboxylic acids is 1. The Bertz CT molecular complexity index is 485. The highest BCUT2D eigenvalue weighted by atomic mass is 16.5. The van der Waals surface area contributed by atoms with Crippen molar-refractivity contribution < 1.29 is 14.4 Å². The molecule has 1 aromatic heterocycles. The smallest absolute Gasteiger partial charge is 0.307 e. The predicted molar refractivity (Wildman–Crippen MR) is 67.7 cm³/mol. The molecule has 5 atom stereocenters. The summed E-state index contributed by atoms with van der Waals surface area (Å²) < 4.78 is 5.29. The van der Waals surface area contributed by atoms with Gasteiger partial charge in [-0.3, -0.25) is 4.79 Å². The summed E-state index contributed by atoms with van der Waals surface area (Å²) in [5.74, 6) is 1.68. The first-order valence-electron chi connectivity index (χ1n) is 7.12. The second-order valence-electron chi connectivity index (χ2n) is 6.19. The molecular weight excluding hydrogens is 244 g/mol. The number of hydrogen-bond acceptors (Lipinski definition) is 4. The van der Waals surface area contributed by atoms with E-state index in [0.29, 0.717) is 17.7 Å². The summed E-state index contributed by atoms with van der Waals surface area (Å²) in [7, 11) is 0. The molecular formula is C14H20N2O3. The van der Waals surface area contributed by atoms with Crippen molar-refractivity contribution in [1.82, 2.24) is 10.1 Å². The van der Waals surface area contributed by atoms with Crippen molar-refractivity contribution >= 4 is 5.97 Å². The molecule has 5 unspecified atom stereocenters. The van der Waals surface area contributed by atoms with Crippen molar-refractivity contribution in [3.05, 3.63) is 11.7 Å². The molecule has 2 bridgehead atoms. The maximum Gasteiger partial charge on any atom is 0.307 e. The summed E-state index contributed by atoms with van der Waals surface area (Å²) in [5, 5.41) is 13.1. The molecule has 1 aromatic rings. The maximum absolute atomic E-state index is 11.0. The average Bonchev–Trinajstić information content (AvgIpc) is 3.11. The van der Waals surface area contributed by atoms with Crippen LogP contribution in [0.25, 0.3) is 0 Å². The first kappa shape index (κ1) is 12.6. The highest BCUT2D eigenvalue weighted by Gasteiger charge is 2.42. The van der Waals surface area contributed by atoms with Crippen molar-refractivity contribution in [3.8, 4) is 0 Å². The van der Waals surface area contributed by atoms with E-state index in [4.69, 9.17) is 9.63 Å². The third-order valence-electron chi connectivity index (χ3n) is 5.06. The van der Waals surface area contributed by atoms with Gasteiger partial charge in [-0.25, -0.2) is 0 Å². The summed E-state index contributed by atoms with van der Waals surface area (Å²) in [6.07, 6.45) is 5.10. The van der Waals surface area contributed by atoms with E-state index in [1.165, 1.54) is 25.7 Å². The van der Waals surface area contributed by atoms with Gasteiger partial charge >= 0.3 is 5.97 Å². The predicted octanol–water partition coefficient (Wildman–Crippen LogP) is 2.80. The Hall–Kier alpha value is -1.39. The van der Waals surface area contributed by atoms with Crippen LogP contribution in [0.3, 0.4) is 0 Å². The molecule has 0 amide bonds. The van der Waals surface area contributed by atoms with Crippen molar-refractivity contribution in [2.24, 2.45) is 17.8 Å². The molecule has 0 spiro atoms. The Morgan fingerprint density at radius 1 is 1.37 bits per heavy atom. The van der Waals surface area contributed by atoms with Crippen molar-refractivity contribution in [3.63, 3.8) is 0 Å². The highest BCUT2D eigenvalue weighted by Crippen LogP contribution is 2.52. The molecule has 104 valence electrons. The summed E-state index contributed by atoms with van der Waals surface area (Å²) in [5.41, 5.74) is 0. The molecule has 5 nitrogen and oxygen atoms in total. The molecule has 3 rings (SSSR count). The quantitative estimate of drug-likeness (QED) is 0.904. The van der Waals surface area contributed by atoms with Crippen LogP contribution in [-0.4, -0.2) is 21.2 Å². The van der Waals surface area contributed by atoms with Crippen molar-refractivity contribution in [2.45, 2.75) is 51.4 Å². The van der Waals surface area contributed by atoms with E-state index in [-0.39, 0.29) is 5.92 Å². The van der Waals surface area contributed by atoms with Gasteiger partial charge in [0.1, 0.15) is 0 Å². The van der Waals surface area contributed by atoms with E-state index in [1.54, 1.807) is 6.92 Å². The van der Waals surface area contributed by atoms with Gasteiger partial charge in [0.05, 0.1) is 5.92 Å². The van der Waals surface area contributed by atoms with Gasteiger partial charge in [0, 0.05) is 11.8 Å². The number of carbonyl (C=O) groups is 1. The molecule has 0 saturated heterocycles. The van der Waals surface area contributed by atoms with Gasteiger partial charge in [-0.1, -0.05) is 25.4 Å². The third kappa shape index (κ3) is 2.15. The van der Waals surface area contributed by atoms with Gasteiger partial charge in [-0.05, 0) is 31.1 Å². The lowest BCUT2D eigenvalue weighted by molar-refractivity contribution is -0.141. The number of carboxylic acids is 1. The molecule has 0 aromatic carbocycles. The van der Waals surface area contributed by atoms with Crippen LogP contribution < -0.4 is 0 Å². The largest absolute Gasteiger partial charge is 0.481 e. The minimum absolute atomic E-state index is 0.239. The zero-order chi connectivity index (χ0) is 13.6. The van der Waals surface area contributed by atoms with Crippen LogP contribution in [0.4, 0.5) is 0 Å². The first-order valence-corrected chi connectivity index (χ1v) is 7.12. The molecule has 1 heterocycles. The van der Waals surface area contributed by atoms with Crippen LogP contribution in [-0.2, 0) is 4.79 Å². The Labute approximate surface area is 112 Å². The first-order chi connectivity index (χ1) is 9.06. The standard InChI is InChI=1S/C14H20N2O3/c1-7(8(2)14(17)18)13-15-12(16-19-13)11-6-9-3-4-10(11)5-9/h7-11H,3-6H2,1-2H3,(H,17,18). The van der Waals surface area contributed by atoms with E-state index in [9.17, 15) is 4.79 Å². The lowest BCUT2D eigenvalue weighted by atomic mass is 9.88. The summed E-state index contributed by atoms with van der Waals surface area (Å²) in [6, 6.07) is 0. The Balaban J connectivity index is 1.74. The minimum atomic E-state index is -0.827. The fourth-order valence-corrected chi connectivity index (χ4v) is 3.57. The summed E-state index contributed by atoms with van der Waals surface area (Å²) >= 11 is 0. The number of carboxylic acid groups (broad SMARTS) is 1. The van der Waals surface area contributed by atoms with E-state index in [1.807, 2.05) is 6.92 Å². The number of rotatable bonds is 4. The minimum Gasteiger partial charge on any atom is -0.481 e. The Kier molecular flexibility index (Phi) is 3.07. The summed E-state index contributed by atoms with van der Waals surface area (Å²) in [6.45, 7) is 3.51. The molecule has 0 radical (unpaired) electrons. The third-order valence-corrected chi connectivity index (χ3v) is 5.06. The average molecular weight is 264 g/mol. The molecule has 2 saturated carbocycles. The molecule has 1 N–H and O–H groups in total. The fourth-order valence-electron chi connectivity index (χ4n) is 3.57. The number of nitrogens with zero attached hydrogens (tertiary/aromatic N) is 2. The summed E-state index contributed by atoms with van der Waals surface area (Å²) in [4.78, 5) is 15.5. The second kappa shape index (κ2) is 4.62. The van der Waals surface area contributed by atoms with Crippen LogP contribution in [0.15, 0.2) is 4.52 Å². The maximum atomic E-state index is 11.0. The zero-order valence-corrected chi connectivity index (χ0v) is 11.4. The van der Waals surface area contributed by atoms with Crippen LogP contribution >= 0.6 is 0 Å². The fraction of sp³-hybridized carbons (Fsp3) is 0.786. The highest BCUT2D eigenvalue weighted by molar-refractivity contribution is 5.70. The van der Waals surface area contributed by atoms with Gasteiger partial charge < -0.3 is 9.63 Å². The van der Waals surface area contributed by atoms with Crippen LogP contribution in [0.1, 0.15) is 63.1 Å². The molecule has 2 aliphatic carbocycles. The molecule has 2 aliphatic rings.